The summed E-state index contributed by atoms with van der Waals surface area (Å²) in [6, 6.07) is 16.6. The molecular weight excluding hydrogens is 384 g/mol. The highest BCUT2D eigenvalue weighted by Gasteiger charge is 2.23. The van der Waals surface area contributed by atoms with Crippen molar-refractivity contribution in [2.75, 3.05) is 19.1 Å². The zero-order chi connectivity index (χ0) is 20.8. The molecule has 1 aromatic heterocycles. The first kappa shape index (κ1) is 20.9. The summed E-state index contributed by atoms with van der Waals surface area (Å²) in [6.45, 7) is 2.03. The van der Waals surface area contributed by atoms with Crippen LogP contribution in [0, 0.1) is 6.92 Å². The van der Waals surface area contributed by atoms with E-state index in [-0.39, 0.29) is 5.91 Å². The fraction of sp³-hybridized carbons (Fsp3) is 0.261. The number of para-hydroxylation sites is 1. The number of methoxy groups -OCH3 is 1. The quantitative estimate of drug-likeness (QED) is 0.593. The van der Waals surface area contributed by atoms with E-state index in [1.54, 1.807) is 17.8 Å². The normalized spacial score (nSPS) is 11.8. The summed E-state index contributed by atoms with van der Waals surface area (Å²) in [5.74, 6) is -0.0100. The van der Waals surface area contributed by atoms with Crippen LogP contribution < -0.4 is 5.32 Å². The van der Waals surface area contributed by atoms with Crippen LogP contribution in [0.2, 0.25) is 0 Å². The minimum Gasteiger partial charge on any atom is -0.467 e. The van der Waals surface area contributed by atoms with Gasteiger partial charge in [-0.1, -0.05) is 48.0 Å². The molecule has 0 saturated carbocycles. The van der Waals surface area contributed by atoms with Gasteiger partial charge in [0.25, 0.3) is 5.91 Å². The lowest BCUT2D eigenvalue weighted by Gasteiger charge is -2.17. The first-order chi connectivity index (χ1) is 14.0. The SMILES string of the molecule is COC(=O)[C@H](CCSC)NC(=O)c1cc(-c2ccc(C)cc2)nc2ccccc12. The van der Waals surface area contributed by atoms with Crippen LogP contribution >= 0.6 is 11.8 Å². The second-order valence-corrected chi connectivity index (χ2v) is 7.75. The molecule has 0 aliphatic heterocycles. The molecular formula is C23H24N2O3S. The predicted molar refractivity (Wildman–Crippen MR) is 118 cm³/mol. The maximum Gasteiger partial charge on any atom is 0.328 e. The number of nitrogens with zero attached hydrogens (tertiary/aromatic N) is 1. The molecule has 1 N–H and O–H groups in total. The summed E-state index contributed by atoms with van der Waals surface area (Å²) in [4.78, 5) is 30.0. The molecule has 0 radical (unpaired) electrons. The van der Waals surface area contributed by atoms with Gasteiger partial charge in [-0.05, 0) is 37.5 Å². The van der Waals surface area contributed by atoms with Crippen LogP contribution in [0.4, 0.5) is 0 Å². The molecule has 6 heteroatoms. The van der Waals surface area contributed by atoms with Gasteiger partial charge in [0.05, 0.1) is 23.9 Å². The number of pyridine rings is 1. The van der Waals surface area contributed by atoms with Crippen molar-refractivity contribution in [3.63, 3.8) is 0 Å². The lowest BCUT2D eigenvalue weighted by Crippen LogP contribution is -2.42. The molecule has 1 heterocycles. The highest BCUT2D eigenvalue weighted by atomic mass is 32.2. The number of rotatable bonds is 7. The highest BCUT2D eigenvalue weighted by Crippen LogP contribution is 2.25. The van der Waals surface area contributed by atoms with Crippen molar-refractivity contribution in [3.05, 3.63) is 65.7 Å². The smallest absolute Gasteiger partial charge is 0.328 e. The van der Waals surface area contributed by atoms with E-state index < -0.39 is 12.0 Å². The Hall–Kier alpha value is -2.86. The molecule has 29 heavy (non-hydrogen) atoms. The Bertz CT molecular complexity index is 1020. The number of amides is 1. The van der Waals surface area contributed by atoms with E-state index in [1.165, 1.54) is 7.11 Å². The number of fused-ring (bicyclic) bond motifs is 1. The van der Waals surface area contributed by atoms with Crippen LogP contribution in [0.15, 0.2) is 54.6 Å². The van der Waals surface area contributed by atoms with Crippen LogP contribution in [0.1, 0.15) is 22.3 Å². The highest BCUT2D eigenvalue weighted by molar-refractivity contribution is 7.98. The summed E-state index contributed by atoms with van der Waals surface area (Å²) in [5.41, 5.74) is 4.02. The Balaban J connectivity index is 2.01. The molecule has 0 spiro atoms. The van der Waals surface area contributed by atoms with E-state index in [2.05, 4.69) is 5.32 Å². The number of nitrogens with one attached hydrogen (secondary N) is 1. The van der Waals surface area contributed by atoms with Crippen LogP contribution in [0.5, 0.6) is 0 Å². The maximum absolute atomic E-state index is 13.1. The third-order valence-corrected chi connectivity index (χ3v) is 5.35. The number of aryl methyl sites for hydroxylation is 1. The van der Waals surface area contributed by atoms with Crippen molar-refractivity contribution in [1.29, 1.82) is 0 Å². The van der Waals surface area contributed by atoms with Gasteiger partial charge < -0.3 is 10.1 Å². The Labute approximate surface area is 174 Å². The van der Waals surface area contributed by atoms with E-state index in [1.807, 2.05) is 61.7 Å². The number of thioether (sulfide) groups is 1. The number of ether oxygens (including phenoxy) is 1. The molecule has 2 aromatic carbocycles. The van der Waals surface area contributed by atoms with Crippen LogP contribution in [-0.4, -0.2) is 42.0 Å². The maximum atomic E-state index is 13.1. The van der Waals surface area contributed by atoms with Gasteiger partial charge in [-0.15, -0.1) is 0 Å². The third kappa shape index (κ3) is 4.95. The van der Waals surface area contributed by atoms with E-state index in [0.29, 0.717) is 17.7 Å². The van der Waals surface area contributed by atoms with Gasteiger partial charge in [0, 0.05) is 10.9 Å². The van der Waals surface area contributed by atoms with Gasteiger partial charge in [-0.25, -0.2) is 9.78 Å². The molecule has 1 atom stereocenters. The molecule has 0 aliphatic carbocycles. The lowest BCUT2D eigenvalue weighted by molar-refractivity contribution is -0.142. The summed E-state index contributed by atoms with van der Waals surface area (Å²) >= 11 is 1.62. The number of carbonyl (C=O) groups is 2. The fourth-order valence-electron chi connectivity index (χ4n) is 3.10. The molecule has 3 rings (SSSR count). The molecule has 3 aromatic rings. The van der Waals surface area contributed by atoms with Crippen molar-refractivity contribution < 1.29 is 14.3 Å². The molecule has 0 unspecified atom stereocenters. The van der Waals surface area contributed by atoms with E-state index in [0.717, 1.165) is 27.8 Å². The Morgan fingerprint density at radius 3 is 2.55 bits per heavy atom. The average molecular weight is 409 g/mol. The minimum absolute atomic E-state index is 0.312. The first-order valence-corrected chi connectivity index (χ1v) is 10.8. The Morgan fingerprint density at radius 1 is 1.14 bits per heavy atom. The monoisotopic (exact) mass is 408 g/mol. The number of hydrogen-bond acceptors (Lipinski definition) is 5. The summed E-state index contributed by atoms with van der Waals surface area (Å²) in [7, 11) is 1.33. The van der Waals surface area contributed by atoms with Gasteiger partial charge in [-0.3, -0.25) is 4.79 Å². The zero-order valence-corrected chi connectivity index (χ0v) is 17.6. The second-order valence-electron chi connectivity index (χ2n) is 6.77. The number of esters is 1. The lowest BCUT2D eigenvalue weighted by atomic mass is 10.0. The van der Waals surface area contributed by atoms with Crippen molar-refractivity contribution in [1.82, 2.24) is 10.3 Å². The Kier molecular flexibility index (Phi) is 6.88. The number of carbonyl (C=O) groups excluding carboxylic acids is 2. The number of benzene rings is 2. The van der Waals surface area contributed by atoms with Crippen molar-refractivity contribution >= 4 is 34.5 Å². The van der Waals surface area contributed by atoms with E-state index in [9.17, 15) is 9.59 Å². The van der Waals surface area contributed by atoms with Crippen molar-refractivity contribution in [2.45, 2.75) is 19.4 Å². The van der Waals surface area contributed by atoms with Crippen molar-refractivity contribution in [3.8, 4) is 11.3 Å². The minimum atomic E-state index is -0.685. The largest absolute Gasteiger partial charge is 0.467 e. The van der Waals surface area contributed by atoms with Gasteiger partial charge in [-0.2, -0.15) is 11.8 Å². The van der Waals surface area contributed by atoms with E-state index in [4.69, 9.17) is 9.72 Å². The van der Waals surface area contributed by atoms with Gasteiger partial charge in [0.1, 0.15) is 6.04 Å². The molecule has 0 saturated heterocycles. The summed E-state index contributed by atoms with van der Waals surface area (Å²) in [6.07, 6.45) is 2.47. The molecule has 0 aliphatic rings. The fourth-order valence-corrected chi connectivity index (χ4v) is 3.57. The summed E-state index contributed by atoms with van der Waals surface area (Å²) in [5, 5.41) is 3.59. The zero-order valence-electron chi connectivity index (χ0n) is 16.8. The van der Waals surface area contributed by atoms with E-state index >= 15 is 0 Å². The topological polar surface area (TPSA) is 68.3 Å². The predicted octanol–water partition coefficient (Wildman–Crippen LogP) is 4.23. The molecule has 1 amide bonds. The average Bonchev–Trinajstić information content (AvgIpc) is 2.75. The molecule has 150 valence electrons. The Morgan fingerprint density at radius 2 is 1.86 bits per heavy atom. The number of aromatic nitrogens is 1. The molecule has 5 nitrogen and oxygen atoms in total. The standard InChI is InChI=1S/C23H24N2O3S/c1-15-8-10-16(11-9-15)21-14-18(17-6-4-5-7-19(17)24-21)22(26)25-20(12-13-29-3)23(27)28-2/h4-11,14,20H,12-13H2,1-3H3,(H,25,26)/t20-/m0/s1. The molecule has 0 bridgehead atoms. The van der Waals surface area contributed by atoms with Crippen LogP contribution in [0.25, 0.3) is 22.2 Å². The van der Waals surface area contributed by atoms with Gasteiger partial charge in [0.15, 0.2) is 0 Å². The third-order valence-electron chi connectivity index (χ3n) is 4.71. The van der Waals surface area contributed by atoms with Crippen LogP contribution in [0.3, 0.4) is 0 Å². The first-order valence-electron chi connectivity index (χ1n) is 9.38. The molecule has 0 fully saturated rings. The van der Waals surface area contributed by atoms with Gasteiger partial charge >= 0.3 is 5.97 Å². The summed E-state index contributed by atoms with van der Waals surface area (Å²) < 4.78 is 4.86. The van der Waals surface area contributed by atoms with Crippen molar-refractivity contribution in [2.24, 2.45) is 0 Å². The number of hydrogen-bond donors (Lipinski definition) is 1. The second kappa shape index (κ2) is 9.56. The van der Waals surface area contributed by atoms with Gasteiger partial charge in [0.2, 0.25) is 0 Å². The van der Waals surface area contributed by atoms with Crippen LogP contribution in [-0.2, 0) is 9.53 Å².